The van der Waals surface area contributed by atoms with Crippen LogP contribution in [0.1, 0.15) is 19.4 Å². The lowest BCUT2D eigenvalue weighted by Crippen LogP contribution is -1.89. The normalized spacial score (nSPS) is 11.4. The number of carbonyl (C=O) groups is 1. The average Bonchev–Trinajstić information content (AvgIpc) is 3.02. The topological polar surface area (TPSA) is 37.3 Å². The summed E-state index contributed by atoms with van der Waals surface area (Å²) in [4.78, 5) is 13.3. The molecule has 0 unspecified atom stereocenters. The Morgan fingerprint density at radius 3 is 2.53 bits per heavy atom. The lowest BCUT2D eigenvalue weighted by Gasteiger charge is -1.84. The first-order valence-electron chi connectivity index (χ1n) is 5.72. The second-order valence-electron chi connectivity index (χ2n) is 4.03. The van der Waals surface area contributed by atoms with E-state index in [1.165, 1.54) is 26.3 Å². The molecule has 2 nitrogen and oxygen atoms in total. The monoisotopic (exact) mass is 286 g/mol. The maximum atomic E-state index is 10.8. The maximum Gasteiger partial charge on any atom is 0.345 e. The fourth-order valence-corrected chi connectivity index (χ4v) is 3.52. The highest BCUT2D eigenvalue weighted by Gasteiger charge is 2.05. The van der Waals surface area contributed by atoms with E-state index in [1.807, 2.05) is 30.4 Å². The predicted molar refractivity (Wildman–Crippen MR) is 82.0 cm³/mol. The van der Waals surface area contributed by atoms with E-state index < -0.39 is 5.97 Å². The molecule has 3 rings (SSSR count). The number of fused-ring (bicyclic) bond motifs is 1. The van der Waals surface area contributed by atoms with Gasteiger partial charge in [-0.2, -0.15) is 0 Å². The molecule has 1 N–H and O–H groups in total. The Bertz CT molecular complexity index is 732. The van der Waals surface area contributed by atoms with E-state index in [4.69, 9.17) is 5.11 Å². The first kappa shape index (κ1) is 12.1. The molecule has 0 saturated carbocycles. The van der Waals surface area contributed by atoms with Crippen LogP contribution in [0.15, 0.2) is 42.5 Å². The highest BCUT2D eigenvalue weighted by molar-refractivity contribution is 7.20. The summed E-state index contributed by atoms with van der Waals surface area (Å²) >= 11 is 3.02. The molecule has 0 aliphatic rings. The first-order valence-corrected chi connectivity index (χ1v) is 7.35. The zero-order valence-corrected chi connectivity index (χ0v) is 11.5. The van der Waals surface area contributed by atoms with E-state index in [1.54, 1.807) is 17.4 Å². The zero-order valence-electron chi connectivity index (χ0n) is 9.87. The number of thiophene rings is 2. The van der Waals surface area contributed by atoms with E-state index in [0.29, 0.717) is 4.88 Å². The SMILES string of the molecule is O=C(O)c1ccc(/C=C/c2cc3ccccc3s2)s1. The van der Waals surface area contributed by atoms with Crippen molar-refractivity contribution in [2.75, 3.05) is 0 Å². The summed E-state index contributed by atoms with van der Waals surface area (Å²) in [6.45, 7) is 0. The van der Waals surface area contributed by atoms with Crippen molar-refractivity contribution in [1.29, 1.82) is 0 Å². The van der Waals surface area contributed by atoms with Crippen LogP contribution in [-0.2, 0) is 0 Å². The van der Waals surface area contributed by atoms with Crippen molar-refractivity contribution in [1.82, 2.24) is 0 Å². The van der Waals surface area contributed by atoms with Crippen molar-refractivity contribution in [3.8, 4) is 0 Å². The number of rotatable bonds is 3. The molecule has 0 radical (unpaired) electrons. The van der Waals surface area contributed by atoms with Crippen LogP contribution in [0.5, 0.6) is 0 Å². The van der Waals surface area contributed by atoms with Crippen molar-refractivity contribution in [2.45, 2.75) is 0 Å². The lowest BCUT2D eigenvalue weighted by atomic mass is 10.2. The van der Waals surface area contributed by atoms with Gasteiger partial charge in [-0.3, -0.25) is 0 Å². The molecule has 2 heterocycles. The van der Waals surface area contributed by atoms with Crippen LogP contribution >= 0.6 is 22.7 Å². The van der Waals surface area contributed by atoms with Gasteiger partial charge < -0.3 is 5.11 Å². The summed E-state index contributed by atoms with van der Waals surface area (Å²) in [5.41, 5.74) is 0. The Balaban J connectivity index is 1.86. The molecule has 2 aromatic heterocycles. The second-order valence-corrected chi connectivity index (χ2v) is 6.26. The molecule has 19 heavy (non-hydrogen) atoms. The second kappa shape index (κ2) is 4.99. The maximum absolute atomic E-state index is 10.8. The van der Waals surface area contributed by atoms with Crippen LogP contribution in [0.3, 0.4) is 0 Å². The minimum Gasteiger partial charge on any atom is -0.477 e. The molecule has 3 aromatic rings. The molecule has 0 saturated heterocycles. The van der Waals surface area contributed by atoms with Crippen LogP contribution in [0.25, 0.3) is 22.2 Å². The first-order chi connectivity index (χ1) is 9.22. The molecule has 0 spiro atoms. The van der Waals surface area contributed by atoms with Crippen LogP contribution < -0.4 is 0 Å². The van der Waals surface area contributed by atoms with Crippen LogP contribution in [0, 0.1) is 0 Å². The van der Waals surface area contributed by atoms with Gasteiger partial charge in [0.05, 0.1) is 0 Å². The van der Waals surface area contributed by atoms with Gasteiger partial charge in [0.2, 0.25) is 0 Å². The summed E-state index contributed by atoms with van der Waals surface area (Å²) in [6, 6.07) is 13.9. The third-order valence-electron chi connectivity index (χ3n) is 2.69. The number of carboxylic acids is 1. The fourth-order valence-electron chi connectivity index (χ4n) is 1.81. The third-order valence-corrected chi connectivity index (χ3v) is 4.81. The molecule has 0 amide bonds. The van der Waals surface area contributed by atoms with Gasteiger partial charge in [-0.05, 0) is 41.8 Å². The van der Waals surface area contributed by atoms with Crippen LogP contribution in [-0.4, -0.2) is 11.1 Å². The Hall–Kier alpha value is -1.91. The molecule has 94 valence electrons. The van der Waals surface area contributed by atoms with E-state index in [-0.39, 0.29) is 0 Å². The third kappa shape index (κ3) is 2.59. The van der Waals surface area contributed by atoms with Crippen LogP contribution in [0.4, 0.5) is 0 Å². The van der Waals surface area contributed by atoms with Crippen molar-refractivity contribution < 1.29 is 9.90 Å². The molecular formula is C15H10O2S2. The molecule has 0 atom stereocenters. The molecule has 0 aliphatic carbocycles. The molecule has 0 fully saturated rings. The number of carboxylic acid groups (broad SMARTS) is 1. The van der Waals surface area contributed by atoms with Crippen molar-refractivity contribution >= 4 is 50.9 Å². The van der Waals surface area contributed by atoms with Gasteiger partial charge in [0.15, 0.2) is 0 Å². The van der Waals surface area contributed by atoms with Crippen LogP contribution in [0.2, 0.25) is 0 Å². The summed E-state index contributed by atoms with van der Waals surface area (Å²) < 4.78 is 1.26. The van der Waals surface area contributed by atoms with Gasteiger partial charge in [-0.25, -0.2) is 4.79 Å². The van der Waals surface area contributed by atoms with Crippen molar-refractivity contribution in [3.05, 3.63) is 57.1 Å². The Labute approximate surface area is 118 Å². The zero-order chi connectivity index (χ0) is 13.2. The Morgan fingerprint density at radius 1 is 1.00 bits per heavy atom. The number of aromatic carboxylic acids is 1. The molecular weight excluding hydrogens is 276 g/mol. The van der Waals surface area contributed by atoms with E-state index in [9.17, 15) is 4.79 Å². The average molecular weight is 286 g/mol. The number of hydrogen-bond donors (Lipinski definition) is 1. The van der Waals surface area contributed by atoms with E-state index >= 15 is 0 Å². The number of benzene rings is 1. The molecule has 0 bridgehead atoms. The predicted octanol–water partition coefficient (Wildman–Crippen LogP) is 4.83. The summed E-state index contributed by atoms with van der Waals surface area (Å²) in [5.74, 6) is -0.869. The molecule has 4 heteroatoms. The number of hydrogen-bond acceptors (Lipinski definition) is 3. The minimum atomic E-state index is -0.869. The fraction of sp³-hybridized carbons (Fsp3) is 0. The van der Waals surface area contributed by atoms with E-state index in [2.05, 4.69) is 18.2 Å². The highest BCUT2D eigenvalue weighted by atomic mass is 32.1. The quantitative estimate of drug-likeness (QED) is 0.748. The van der Waals surface area contributed by atoms with Gasteiger partial charge in [0, 0.05) is 14.5 Å². The van der Waals surface area contributed by atoms with Gasteiger partial charge in [-0.1, -0.05) is 18.2 Å². The smallest absolute Gasteiger partial charge is 0.345 e. The Kier molecular flexibility index (Phi) is 3.19. The Morgan fingerprint density at radius 2 is 1.79 bits per heavy atom. The summed E-state index contributed by atoms with van der Waals surface area (Å²) in [7, 11) is 0. The van der Waals surface area contributed by atoms with Gasteiger partial charge in [0.25, 0.3) is 0 Å². The molecule has 0 aliphatic heterocycles. The van der Waals surface area contributed by atoms with Gasteiger partial charge >= 0.3 is 5.97 Å². The summed E-state index contributed by atoms with van der Waals surface area (Å²) in [6.07, 6.45) is 3.99. The van der Waals surface area contributed by atoms with Crippen molar-refractivity contribution in [3.63, 3.8) is 0 Å². The minimum absolute atomic E-state index is 0.371. The molecule has 1 aromatic carbocycles. The van der Waals surface area contributed by atoms with E-state index in [0.717, 1.165) is 4.88 Å². The lowest BCUT2D eigenvalue weighted by molar-refractivity contribution is 0.0702. The standard InChI is InChI=1S/C15H10O2S2/c16-15(17)14-8-7-11(18-14)5-6-12-9-10-3-1-2-4-13(10)19-12/h1-9H,(H,16,17)/b6-5+. The summed E-state index contributed by atoms with van der Waals surface area (Å²) in [5, 5.41) is 10.1. The van der Waals surface area contributed by atoms with Gasteiger partial charge in [0.1, 0.15) is 4.88 Å². The largest absolute Gasteiger partial charge is 0.477 e. The van der Waals surface area contributed by atoms with Gasteiger partial charge in [-0.15, -0.1) is 22.7 Å². The van der Waals surface area contributed by atoms with Crippen molar-refractivity contribution in [2.24, 2.45) is 0 Å². The highest BCUT2D eigenvalue weighted by Crippen LogP contribution is 2.27.